The van der Waals surface area contributed by atoms with Crippen molar-refractivity contribution in [2.75, 3.05) is 20.3 Å². The van der Waals surface area contributed by atoms with Crippen LogP contribution in [0.3, 0.4) is 0 Å². The average Bonchev–Trinajstić information content (AvgIpc) is 3.16. The lowest BCUT2D eigenvalue weighted by Gasteiger charge is -2.36. The minimum Gasteiger partial charge on any atom is -0.479 e. The van der Waals surface area contributed by atoms with Crippen molar-refractivity contribution in [2.24, 2.45) is 5.16 Å². The van der Waals surface area contributed by atoms with E-state index in [1.54, 1.807) is 13.4 Å². The molecule has 35 heavy (non-hydrogen) atoms. The van der Waals surface area contributed by atoms with Crippen LogP contribution in [0.1, 0.15) is 42.3 Å². The molecule has 182 valence electrons. The Bertz CT molecular complexity index is 1300. The Morgan fingerprint density at radius 2 is 1.97 bits per heavy atom. The third-order valence-corrected chi connectivity index (χ3v) is 6.17. The molecular weight excluding hydrogens is 459 g/mol. The molecule has 0 amide bonds. The second-order valence-electron chi connectivity index (χ2n) is 8.50. The fourth-order valence-electron chi connectivity index (χ4n) is 4.54. The highest BCUT2D eigenvalue weighted by Gasteiger charge is 2.32. The molecular formula is C25H24F3N5O2. The second kappa shape index (κ2) is 9.44. The SMILES string of the molecule is COc1nc(/C=C2\CCCN3C2=NOCCC3c2cc(F)c(F)c(F)c2)ccc1-n1cnc(C)c1. The summed E-state index contributed by atoms with van der Waals surface area (Å²) >= 11 is 0. The Hall–Kier alpha value is -3.82. The Kier molecular flexibility index (Phi) is 6.19. The molecule has 2 aliphatic heterocycles. The number of oxime groups is 1. The molecule has 0 aliphatic carbocycles. The van der Waals surface area contributed by atoms with E-state index in [1.807, 2.05) is 40.8 Å². The molecule has 2 aromatic heterocycles. The summed E-state index contributed by atoms with van der Waals surface area (Å²) in [6, 6.07) is 5.47. The predicted octanol–water partition coefficient (Wildman–Crippen LogP) is 4.96. The fraction of sp³-hybridized carbons (Fsp3) is 0.320. The lowest BCUT2D eigenvalue weighted by atomic mass is 9.95. The lowest BCUT2D eigenvalue weighted by Crippen LogP contribution is -2.39. The largest absolute Gasteiger partial charge is 0.479 e. The number of methoxy groups -OCH3 is 1. The van der Waals surface area contributed by atoms with Crippen LogP contribution >= 0.6 is 0 Å². The number of nitrogens with zero attached hydrogens (tertiary/aromatic N) is 5. The van der Waals surface area contributed by atoms with Crippen LogP contribution in [0, 0.1) is 24.4 Å². The summed E-state index contributed by atoms with van der Waals surface area (Å²) in [7, 11) is 1.56. The van der Waals surface area contributed by atoms with E-state index < -0.39 is 23.5 Å². The van der Waals surface area contributed by atoms with Gasteiger partial charge in [-0.1, -0.05) is 5.16 Å². The van der Waals surface area contributed by atoms with Gasteiger partial charge < -0.3 is 19.0 Å². The van der Waals surface area contributed by atoms with Crippen LogP contribution in [-0.4, -0.2) is 45.5 Å². The maximum atomic E-state index is 14.0. The lowest BCUT2D eigenvalue weighted by molar-refractivity contribution is 0.140. The van der Waals surface area contributed by atoms with Crippen molar-refractivity contribution in [2.45, 2.75) is 32.2 Å². The van der Waals surface area contributed by atoms with Crippen molar-refractivity contribution >= 4 is 11.9 Å². The standard InChI is InChI=1S/C25H24F3N5O2/c1-15-13-32(14-29-15)22-6-5-18(30-25(22)34-2)10-16-4-3-8-33-21(7-9-35-31-24(16)33)17-11-19(26)23(28)20(27)12-17/h5-6,10-14,21H,3-4,7-9H2,1-2H3/b16-10+. The number of piperidine rings is 1. The van der Waals surface area contributed by atoms with E-state index in [0.717, 1.165) is 41.9 Å². The van der Waals surface area contributed by atoms with Crippen LogP contribution in [0.2, 0.25) is 0 Å². The molecule has 5 rings (SSSR count). The first-order chi connectivity index (χ1) is 16.9. The molecule has 1 aromatic carbocycles. The van der Waals surface area contributed by atoms with E-state index in [-0.39, 0.29) is 6.61 Å². The molecule has 1 atom stereocenters. The topological polar surface area (TPSA) is 64.8 Å². The second-order valence-corrected chi connectivity index (χ2v) is 8.50. The van der Waals surface area contributed by atoms with Gasteiger partial charge in [-0.05, 0) is 55.7 Å². The number of halogens is 3. The first-order valence-corrected chi connectivity index (χ1v) is 11.3. The van der Waals surface area contributed by atoms with Crippen LogP contribution in [-0.2, 0) is 4.84 Å². The summed E-state index contributed by atoms with van der Waals surface area (Å²) in [6.45, 7) is 2.80. The molecule has 0 bridgehead atoms. The molecule has 1 fully saturated rings. The van der Waals surface area contributed by atoms with Crippen LogP contribution in [0.5, 0.6) is 5.88 Å². The first-order valence-electron chi connectivity index (χ1n) is 11.3. The highest BCUT2D eigenvalue weighted by Crippen LogP contribution is 2.35. The number of hydrogen-bond acceptors (Lipinski definition) is 6. The van der Waals surface area contributed by atoms with Crippen LogP contribution < -0.4 is 4.74 Å². The Labute approximate surface area is 200 Å². The number of benzene rings is 1. The van der Waals surface area contributed by atoms with Crippen molar-refractivity contribution in [3.63, 3.8) is 0 Å². The third-order valence-electron chi connectivity index (χ3n) is 6.17. The van der Waals surface area contributed by atoms with Crippen LogP contribution in [0.25, 0.3) is 11.8 Å². The molecule has 0 saturated carbocycles. The number of ether oxygens (including phenoxy) is 1. The molecule has 0 radical (unpaired) electrons. The first kappa shape index (κ1) is 22.9. The van der Waals surface area contributed by atoms with Gasteiger partial charge in [-0.25, -0.2) is 23.1 Å². The smallest absolute Gasteiger partial charge is 0.238 e. The molecule has 0 spiro atoms. The number of rotatable bonds is 4. The fourth-order valence-corrected chi connectivity index (χ4v) is 4.54. The average molecular weight is 483 g/mol. The maximum absolute atomic E-state index is 14.0. The summed E-state index contributed by atoms with van der Waals surface area (Å²) in [5, 5.41) is 4.31. The normalized spacial score (nSPS) is 19.1. The van der Waals surface area contributed by atoms with E-state index in [9.17, 15) is 13.2 Å². The summed E-state index contributed by atoms with van der Waals surface area (Å²) in [4.78, 5) is 16.3. The van der Waals surface area contributed by atoms with Crippen LogP contribution in [0.15, 0.2) is 47.5 Å². The van der Waals surface area contributed by atoms with Crippen molar-refractivity contribution in [3.8, 4) is 11.6 Å². The number of aromatic nitrogens is 3. The zero-order valence-electron chi connectivity index (χ0n) is 19.3. The summed E-state index contributed by atoms with van der Waals surface area (Å²) in [6.07, 6.45) is 7.48. The molecule has 1 saturated heterocycles. The number of hydrogen-bond donors (Lipinski definition) is 0. The van der Waals surface area contributed by atoms with Crippen molar-refractivity contribution in [3.05, 3.63) is 76.8 Å². The van der Waals surface area contributed by atoms with Gasteiger partial charge >= 0.3 is 0 Å². The molecule has 0 N–H and O–H groups in total. The number of imidazole rings is 1. The molecule has 1 unspecified atom stereocenters. The highest BCUT2D eigenvalue weighted by molar-refractivity contribution is 6.02. The zero-order valence-corrected chi connectivity index (χ0v) is 19.3. The van der Waals surface area contributed by atoms with E-state index >= 15 is 0 Å². The molecule has 7 nitrogen and oxygen atoms in total. The van der Waals surface area contributed by atoms with Gasteiger partial charge in [-0.2, -0.15) is 0 Å². The summed E-state index contributed by atoms with van der Waals surface area (Å²) in [5.41, 5.74) is 3.53. The predicted molar refractivity (Wildman–Crippen MR) is 124 cm³/mol. The molecule has 2 aliphatic rings. The van der Waals surface area contributed by atoms with E-state index in [2.05, 4.69) is 15.1 Å². The van der Waals surface area contributed by atoms with Gasteiger partial charge in [0.15, 0.2) is 23.3 Å². The van der Waals surface area contributed by atoms with E-state index in [4.69, 9.17) is 9.57 Å². The van der Waals surface area contributed by atoms with Gasteiger partial charge in [0.25, 0.3) is 0 Å². The number of pyridine rings is 1. The molecule has 4 heterocycles. The van der Waals surface area contributed by atoms with Gasteiger partial charge in [-0.15, -0.1) is 0 Å². The molecule has 3 aromatic rings. The van der Waals surface area contributed by atoms with Gasteiger partial charge in [-0.3, -0.25) is 0 Å². The van der Waals surface area contributed by atoms with Crippen molar-refractivity contribution < 1.29 is 22.7 Å². The number of fused-ring (bicyclic) bond motifs is 1. The zero-order chi connectivity index (χ0) is 24.5. The number of aryl methyl sites for hydroxylation is 1. The van der Waals surface area contributed by atoms with Gasteiger partial charge in [0.2, 0.25) is 5.88 Å². The van der Waals surface area contributed by atoms with Gasteiger partial charge in [0.05, 0.1) is 30.9 Å². The minimum absolute atomic E-state index is 0.268. The monoisotopic (exact) mass is 483 g/mol. The van der Waals surface area contributed by atoms with Gasteiger partial charge in [0, 0.05) is 24.7 Å². The Morgan fingerprint density at radius 3 is 2.69 bits per heavy atom. The Balaban J connectivity index is 1.48. The maximum Gasteiger partial charge on any atom is 0.238 e. The van der Waals surface area contributed by atoms with E-state index in [0.29, 0.717) is 35.9 Å². The minimum atomic E-state index is -1.47. The summed E-state index contributed by atoms with van der Waals surface area (Å²) in [5.74, 6) is -2.86. The van der Waals surface area contributed by atoms with Crippen molar-refractivity contribution in [1.29, 1.82) is 0 Å². The molecule has 10 heteroatoms. The third kappa shape index (κ3) is 4.48. The highest BCUT2D eigenvalue weighted by atomic mass is 19.2. The Morgan fingerprint density at radius 1 is 1.17 bits per heavy atom. The number of amidine groups is 1. The van der Waals surface area contributed by atoms with Crippen molar-refractivity contribution in [1.82, 2.24) is 19.4 Å². The quantitative estimate of drug-likeness (QED) is 0.491. The van der Waals surface area contributed by atoms with E-state index in [1.165, 1.54) is 0 Å². The van der Waals surface area contributed by atoms with Crippen LogP contribution in [0.4, 0.5) is 13.2 Å². The van der Waals surface area contributed by atoms with Gasteiger partial charge in [0.1, 0.15) is 12.3 Å². The summed E-state index contributed by atoms with van der Waals surface area (Å²) < 4.78 is 48.9.